The maximum Gasteiger partial charge on any atom is 0.490 e. The van der Waals surface area contributed by atoms with Crippen molar-refractivity contribution in [2.75, 3.05) is 59.5 Å². The zero-order valence-corrected chi connectivity index (χ0v) is 21.3. The highest BCUT2D eigenvalue weighted by molar-refractivity contribution is 5.73. The van der Waals surface area contributed by atoms with Gasteiger partial charge in [-0.05, 0) is 38.4 Å². The molecule has 3 fully saturated rings. The highest BCUT2D eigenvalue weighted by Gasteiger charge is 2.43. The van der Waals surface area contributed by atoms with E-state index >= 15 is 0 Å². The minimum absolute atomic E-state index is 0.600. The van der Waals surface area contributed by atoms with Crippen LogP contribution in [0.15, 0.2) is 10.5 Å². The minimum Gasteiger partial charge on any atom is -0.475 e. The fourth-order valence-corrected chi connectivity index (χ4v) is 4.67. The molecule has 0 aromatic carbocycles. The second kappa shape index (κ2) is 13.1. The van der Waals surface area contributed by atoms with Crippen molar-refractivity contribution in [1.82, 2.24) is 14.7 Å². The summed E-state index contributed by atoms with van der Waals surface area (Å²) in [5, 5.41) is 14.2. The molecule has 1 aromatic heterocycles. The SMILES string of the molecule is Cc1cc(CN2C[C@H]3COC[C@@H](N4CCN(C)CC4)[C@H]3C2)oc1C.O=C(O)C(F)(F)F.O=C(O)C(F)(F)F. The van der Waals surface area contributed by atoms with Gasteiger partial charge in [0.15, 0.2) is 0 Å². The average molecular weight is 562 g/mol. The number of fused-ring (bicyclic) bond motifs is 1. The van der Waals surface area contributed by atoms with Gasteiger partial charge in [-0.25, -0.2) is 9.59 Å². The standard InChI is InChI=1S/C19H31N3O2.2C2HF3O2/c1-14-8-17(24-15(14)2)10-21-9-16-12-23-13-19(18(16)11-21)22-6-4-20(3)5-7-22;2*3-2(4,5)1(6)7/h8,16,18-19H,4-7,9-13H2,1-3H3;2*(H,6,7)/t16-,18-,19+;;/m0../s1. The van der Waals surface area contributed by atoms with E-state index < -0.39 is 24.3 Å². The summed E-state index contributed by atoms with van der Waals surface area (Å²) in [7, 11) is 2.22. The number of carbonyl (C=O) groups is 2. The summed E-state index contributed by atoms with van der Waals surface area (Å²) >= 11 is 0. The lowest BCUT2D eigenvalue weighted by Gasteiger charge is -2.44. The topological polar surface area (TPSA) is 107 Å². The molecule has 0 saturated carbocycles. The van der Waals surface area contributed by atoms with E-state index in [1.54, 1.807) is 0 Å². The molecule has 218 valence electrons. The van der Waals surface area contributed by atoms with Crippen molar-refractivity contribution < 1.29 is 55.3 Å². The van der Waals surface area contributed by atoms with Crippen LogP contribution in [0.5, 0.6) is 0 Å². The summed E-state index contributed by atoms with van der Waals surface area (Å²) < 4.78 is 75.4. The summed E-state index contributed by atoms with van der Waals surface area (Å²) in [6.07, 6.45) is -10.2. The smallest absolute Gasteiger partial charge is 0.475 e. The maximum absolute atomic E-state index is 10.6. The Hall–Kier alpha value is -2.36. The van der Waals surface area contributed by atoms with Crippen molar-refractivity contribution in [2.45, 2.75) is 38.8 Å². The van der Waals surface area contributed by atoms with Gasteiger partial charge in [0.1, 0.15) is 11.5 Å². The van der Waals surface area contributed by atoms with Crippen LogP contribution in [0.1, 0.15) is 17.1 Å². The third kappa shape index (κ3) is 9.43. The molecule has 0 spiro atoms. The second-order valence-corrected chi connectivity index (χ2v) is 9.62. The molecule has 3 aliphatic heterocycles. The molecule has 0 unspecified atom stereocenters. The monoisotopic (exact) mass is 561 g/mol. The van der Waals surface area contributed by atoms with Crippen LogP contribution in [-0.2, 0) is 20.9 Å². The van der Waals surface area contributed by atoms with E-state index in [9.17, 15) is 26.3 Å². The maximum atomic E-state index is 10.6. The van der Waals surface area contributed by atoms with Crippen LogP contribution < -0.4 is 0 Å². The number of aryl methyl sites for hydroxylation is 2. The number of halogens is 6. The van der Waals surface area contributed by atoms with Crippen molar-refractivity contribution in [1.29, 1.82) is 0 Å². The number of likely N-dealkylation sites (N-methyl/N-ethyl adjacent to an activating group) is 1. The molecule has 3 aliphatic rings. The molecule has 0 bridgehead atoms. The van der Waals surface area contributed by atoms with E-state index in [4.69, 9.17) is 29.0 Å². The summed E-state index contributed by atoms with van der Waals surface area (Å²) in [4.78, 5) is 25.5. The molecular weight excluding hydrogens is 528 g/mol. The van der Waals surface area contributed by atoms with E-state index in [1.807, 2.05) is 0 Å². The van der Waals surface area contributed by atoms with Gasteiger partial charge in [0, 0.05) is 51.2 Å². The highest BCUT2D eigenvalue weighted by atomic mass is 19.4. The molecule has 38 heavy (non-hydrogen) atoms. The van der Waals surface area contributed by atoms with Crippen LogP contribution >= 0.6 is 0 Å². The Labute approximate surface area is 215 Å². The van der Waals surface area contributed by atoms with Gasteiger partial charge >= 0.3 is 24.3 Å². The van der Waals surface area contributed by atoms with Crippen molar-refractivity contribution in [2.24, 2.45) is 11.8 Å². The average Bonchev–Trinajstić information content (AvgIpc) is 3.35. The molecule has 1 aromatic rings. The highest BCUT2D eigenvalue weighted by Crippen LogP contribution is 2.34. The quantitative estimate of drug-likeness (QED) is 0.539. The minimum atomic E-state index is -5.08. The first kappa shape index (κ1) is 31.9. The molecule has 2 N–H and O–H groups in total. The first-order valence-corrected chi connectivity index (χ1v) is 11.9. The van der Waals surface area contributed by atoms with Crippen LogP contribution in [0.2, 0.25) is 0 Å². The Kier molecular flexibility index (Phi) is 11.0. The first-order chi connectivity index (χ1) is 17.5. The van der Waals surface area contributed by atoms with Crippen LogP contribution in [0, 0.1) is 25.7 Å². The third-order valence-electron chi connectivity index (χ3n) is 6.77. The van der Waals surface area contributed by atoms with E-state index in [2.05, 4.69) is 41.7 Å². The van der Waals surface area contributed by atoms with Gasteiger partial charge in [-0.1, -0.05) is 0 Å². The van der Waals surface area contributed by atoms with Gasteiger partial charge in [-0.2, -0.15) is 26.3 Å². The van der Waals surface area contributed by atoms with Gasteiger partial charge in [0.25, 0.3) is 0 Å². The van der Waals surface area contributed by atoms with Crippen molar-refractivity contribution in [3.63, 3.8) is 0 Å². The summed E-state index contributed by atoms with van der Waals surface area (Å²) in [5.41, 5.74) is 1.26. The van der Waals surface area contributed by atoms with Crippen LogP contribution in [0.3, 0.4) is 0 Å². The fourth-order valence-electron chi connectivity index (χ4n) is 4.67. The lowest BCUT2D eigenvalue weighted by atomic mass is 9.86. The summed E-state index contributed by atoms with van der Waals surface area (Å²) in [5.74, 6) is -1.92. The van der Waals surface area contributed by atoms with Gasteiger partial charge in [0.2, 0.25) is 0 Å². The number of rotatable bonds is 3. The van der Waals surface area contributed by atoms with Crippen LogP contribution in [-0.4, -0.2) is 115 Å². The first-order valence-electron chi connectivity index (χ1n) is 11.9. The molecule has 4 heterocycles. The van der Waals surface area contributed by atoms with Crippen molar-refractivity contribution in [3.05, 3.63) is 23.2 Å². The van der Waals surface area contributed by atoms with Gasteiger partial charge < -0.3 is 24.3 Å². The number of hydrogen-bond donors (Lipinski definition) is 2. The Bertz CT molecular complexity index is 886. The van der Waals surface area contributed by atoms with E-state index in [0.29, 0.717) is 12.0 Å². The third-order valence-corrected chi connectivity index (χ3v) is 6.77. The number of furan rings is 1. The lowest BCUT2D eigenvalue weighted by Crippen LogP contribution is -2.56. The number of carboxylic acids is 2. The zero-order valence-electron chi connectivity index (χ0n) is 21.3. The van der Waals surface area contributed by atoms with Gasteiger partial charge in [-0.15, -0.1) is 0 Å². The second-order valence-electron chi connectivity index (χ2n) is 9.62. The van der Waals surface area contributed by atoms with E-state index in [0.717, 1.165) is 43.7 Å². The molecule has 9 nitrogen and oxygen atoms in total. The number of ether oxygens (including phenoxy) is 1. The number of carboxylic acid groups (broad SMARTS) is 2. The van der Waals surface area contributed by atoms with E-state index in [1.165, 1.54) is 38.3 Å². The lowest BCUT2D eigenvalue weighted by molar-refractivity contribution is -0.193. The zero-order chi connectivity index (χ0) is 28.8. The molecule has 0 radical (unpaired) electrons. The van der Waals surface area contributed by atoms with Gasteiger partial charge in [0.05, 0.1) is 19.8 Å². The Morgan fingerprint density at radius 2 is 1.47 bits per heavy atom. The normalized spacial score (nSPS) is 25.0. The summed E-state index contributed by atoms with van der Waals surface area (Å²) in [6.45, 7) is 14.0. The van der Waals surface area contributed by atoms with Crippen molar-refractivity contribution >= 4 is 11.9 Å². The number of nitrogens with zero attached hydrogens (tertiary/aromatic N) is 3. The number of alkyl halides is 6. The number of aliphatic carboxylic acids is 2. The molecular formula is C23H33F6N3O6. The molecule has 3 saturated heterocycles. The molecule has 15 heteroatoms. The van der Waals surface area contributed by atoms with Crippen LogP contribution in [0.4, 0.5) is 26.3 Å². The fraction of sp³-hybridized carbons (Fsp3) is 0.739. The van der Waals surface area contributed by atoms with Crippen LogP contribution in [0.25, 0.3) is 0 Å². The number of piperazine rings is 1. The molecule has 0 aliphatic carbocycles. The Morgan fingerprint density at radius 3 is 1.92 bits per heavy atom. The number of hydrogen-bond acceptors (Lipinski definition) is 7. The Balaban J connectivity index is 0.000000301. The molecule has 4 rings (SSSR count). The predicted molar refractivity (Wildman–Crippen MR) is 121 cm³/mol. The largest absolute Gasteiger partial charge is 0.490 e. The summed E-state index contributed by atoms with van der Waals surface area (Å²) in [6, 6.07) is 2.80. The predicted octanol–water partition coefficient (Wildman–Crippen LogP) is 2.86. The Morgan fingerprint density at radius 1 is 0.947 bits per heavy atom. The molecule has 0 amide bonds. The van der Waals surface area contributed by atoms with Crippen molar-refractivity contribution in [3.8, 4) is 0 Å². The number of likely N-dealkylation sites (tertiary alicyclic amines) is 1. The van der Waals surface area contributed by atoms with E-state index in [-0.39, 0.29) is 0 Å². The molecule has 3 atom stereocenters. The van der Waals surface area contributed by atoms with Gasteiger partial charge in [-0.3, -0.25) is 9.80 Å².